The minimum Gasteiger partial charge on any atom is -0.372 e. The van der Waals surface area contributed by atoms with E-state index >= 15 is 0 Å². The largest absolute Gasteiger partial charge is 0.372 e. The number of aromatic nitrogens is 2. The third-order valence-corrected chi connectivity index (χ3v) is 5.88. The van der Waals surface area contributed by atoms with Gasteiger partial charge in [-0.05, 0) is 43.2 Å². The van der Waals surface area contributed by atoms with Gasteiger partial charge in [0.25, 0.3) is 0 Å². The SMILES string of the molecule is c1cc(Nc2ccc(N3CCCC3)cc2)nc(N2CCC3(CC2)OCCO3)n1. The molecule has 1 spiro atoms. The Bertz CT molecular complexity index is 791. The van der Waals surface area contributed by atoms with E-state index in [1.807, 2.05) is 12.3 Å². The quantitative estimate of drug-likeness (QED) is 0.873. The van der Waals surface area contributed by atoms with Crippen LogP contribution in [0.2, 0.25) is 0 Å². The highest BCUT2D eigenvalue weighted by Crippen LogP contribution is 2.32. The number of anilines is 4. The van der Waals surface area contributed by atoms with E-state index in [4.69, 9.17) is 14.5 Å². The van der Waals surface area contributed by atoms with Crippen LogP contribution < -0.4 is 15.1 Å². The molecule has 7 nitrogen and oxygen atoms in total. The predicted octanol–water partition coefficient (Wildman–Crippen LogP) is 3.16. The molecule has 1 aromatic carbocycles. The molecule has 1 aromatic heterocycles. The number of benzene rings is 1. The molecule has 2 aromatic rings. The number of rotatable bonds is 4. The van der Waals surface area contributed by atoms with E-state index in [2.05, 4.69) is 44.4 Å². The minimum atomic E-state index is -0.372. The van der Waals surface area contributed by atoms with Gasteiger partial charge in [-0.3, -0.25) is 0 Å². The lowest BCUT2D eigenvalue weighted by atomic mass is 10.0. The van der Waals surface area contributed by atoms with Crippen molar-refractivity contribution in [3.8, 4) is 0 Å². The van der Waals surface area contributed by atoms with Crippen molar-refractivity contribution in [3.05, 3.63) is 36.5 Å². The van der Waals surface area contributed by atoms with Gasteiger partial charge < -0.3 is 24.6 Å². The van der Waals surface area contributed by atoms with E-state index in [0.29, 0.717) is 13.2 Å². The second-order valence-electron chi connectivity index (χ2n) is 7.70. The van der Waals surface area contributed by atoms with Crippen LogP contribution in [-0.2, 0) is 9.47 Å². The maximum Gasteiger partial charge on any atom is 0.227 e. The lowest BCUT2D eigenvalue weighted by molar-refractivity contribution is -0.169. The summed E-state index contributed by atoms with van der Waals surface area (Å²) in [4.78, 5) is 13.8. The van der Waals surface area contributed by atoms with Crippen LogP contribution in [0.5, 0.6) is 0 Å². The molecule has 3 saturated heterocycles. The fourth-order valence-electron chi connectivity index (χ4n) is 4.28. The Morgan fingerprint density at radius 1 is 0.857 bits per heavy atom. The standard InChI is InChI=1S/C21H27N5O2/c1-2-12-25(11-1)18-5-3-17(4-6-18)23-19-7-10-22-20(24-19)26-13-8-21(9-14-26)27-15-16-28-21/h3-7,10H,1-2,8-9,11-16H2,(H,22,23,24). The van der Waals surface area contributed by atoms with Gasteiger partial charge in [0.2, 0.25) is 5.95 Å². The number of nitrogens with zero attached hydrogens (tertiary/aromatic N) is 4. The summed E-state index contributed by atoms with van der Waals surface area (Å²) >= 11 is 0. The highest BCUT2D eigenvalue weighted by molar-refractivity contribution is 5.61. The van der Waals surface area contributed by atoms with Crippen LogP contribution in [-0.4, -0.2) is 55.1 Å². The predicted molar refractivity (Wildman–Crippen MR) is 109 cm³/mol. The molecule has 1 N–H and O–H groups in total. The van der Waals surface area contributed by atoms with E-state index in [1.165, 1.54) is 18.5 Å². The van der Waals surface area contributed by atoms with Gasteiger partial charge in [-0.15, -0.1) is 0 Å². The van der Waals surface area contributed by atoms with Gasteiger partial charge in [0.15, 0.2) is 5.79 Å². The van der Waals surface area contributed by atoms with Gasteiger partial charge in [-0.2, -0.15) is 4.98 Å². The van der Waals surface area contributed by atoms with Crippen molar-refractivity contribution in [2.24, 2.45) is 0 Å². The molecule has 3 fully saturated rings. The Kier molecular flexibility index (Phi) is 4.78. The van der Waals surface area contributed by atoms with Crippen LogP contribution >= 0.6 is 0 Å². The highest BCUT2D eigenvalue weighted by atomic mass is 16.7. The average Bonchev–Trinajstić information content (AvgIpc) is 3.42. The number of ether oxygens (including phenoxy) is 2. The van der Waals surface area contributed by atoms with Gasteiger partial charge in [0.05, 0.1) is 13.2 Å². The second-order valence-corrected chi connectivity index (χ2v) is 7.70. The summed E-state index contributed by atoms with van der Waals surface area (Å²) in [5, 5.41) is 3.40. The zero-order valence-electron chi connectivity index (χ0n) is 16.1. The third-order valence-electron chi connectivity index (χ3n) is 5.88. The van der Waals surface area contributed by atoms with Gasteiger partial charge in [0.1, 0.15) is 5.82 Å². The molecule has 148 valence electrons. The molecular weight excluding hydrogens is 354 g/mol. The van der Waals surface area contributed by atoms with Crippen LogP contribution in [0.25, 0.3) is 0 Å². The summed E-state index contributed by atoms with van der Waals surface area (Å²) in [6.07, 6.45) is 6.10. The monoisotopic (exact) mass is 381 g/mol. The summed E-state index contributed by atoms with van der Waals surface area (Å²) in [6.45, 7) is 5.41. The molecule has 7 heteroatoms. The van der Waals surface area contributed by atoms with Crippen molar-refractivity contribution in [1.82, 2.24) is 9.97 Å². The van der Waals surface area contributed by atoms with E-state index in [9.17, 15) is 0 Å². The Hall–Kier alpha value is -2.38. The molecule has 4 heterocycles. The number of hydrogen-bond donors (Lipinski definition) is 1. The van der Waals surface area contributed by atoms with Crippen molar-refractivity contribution in [2.75, 3.05) is 54.5 Å². The van der Waals surface area contributed by atoms with Crippen LogP contribution in [0, 0.1) is 0 Å². The summed E-state index contributed by atoms with van der Waals surface area (Å²) < 4.78 is 11.6. The van der Waals surface area contributed by atoms with Crippen LogP contribution in [0.1, 0.15) is 25.7 Å². The zero-order valence-corrected chi connectivity index (χ0v) is 16.1. The highest BCUT2D eigenvalue weighted by Gasteiger charge is 2.40. The van der Waals surface area contributed by atoms with Gasteiger partial charge in [-0.25, -0.2) is 4.98 Å². The normalized spacial score (nSPS) is 21.4. The van der Waals surface area contributed by atoms with Crippen molar-refractivity contribution < 1.29 is 9.47 Å². The lowest BCUT2D eigenvalue weighted by Gasteiger charge is -2.37. The van der Waals surface area contributed by atoms with Gasteiger partial charge in [-0.1, -0.05) is 0 Å². The Morgan fingerprint density at radius 2 is 1.57 bits per heavy atom. The lowest BCUT2D eigenvalue weighted by Crippen LogP contribution is -2.45. The summed E-state index contributed by atoms with van der Waals surface area (Å²) in [5.41, 5.74) is 2.34. The maximum atomic E-state index is 5.81. The number of piperidine rings is 1. The fourth-order valence-corrected chi connectivity index (χ4v) is 4.28. The number of hydrogen-bond acceptors (Lipinski definition) is 7. The van der Waals surface area contributed by atoms with Crippen LogP contribution in [0.4, 0.5) is 23.1 Å². The molecular formula is C21H27N5O2. The molecule has 0 amide bonds. The van der Waals surface area contributed by atoms with Crippen LogP contribution in [0.15, 0.2) is 36.5 Å². The van der Waals surface area contributed by atoms with Crippen molar-refractivity contribution in [3.63, 3.8) is 0 Å². The van der Waals surface area contributed by atoms with Gasteiger partial charge >= 0.3 is 0 Å². The topological polar surface area (TPSA) is 62.8 Å². The maximum absolute atomic E-state index is 5.81. The van der Waals surface area contributed by atoms with E-state index in [0.717, 1.165) is 56.5 Å². The Balaban J connectivity index is 1.23. The first-order chi connectivity index (χ1) is 13.8. The fraction of sp³-hybridized carbons (Fsp3) is 0.524. The smallest absolute Gasteiger partial charge is 0.227 e. The first kappa shape index (κ1) is 17.7. The molecule has 3 aliphatic rings. The third kappa shape index (κ3) is 3.64. The zero-order chi connectivity index (χ0) is 18.8. The second kappa shape index (κ2) is 7.56. The van der Waals surface area contributed by atoms with E-state index in [-0.39, 0.29) is 5.79 Å². The molecule has 0 saturated carbocycles. The Morgan fingerprint density at radius 3 is 2.29 bits per heavy atom. The molecule has 0 unspecified atom stereocenters. The first-order valence-corrected chi connectivity index (χ1v) is 10.3. The molecule has 5 rings (SSSR count). The Labute approximate surface area is 165 Å². The molecule has 0 aliphatic carbocycles. The summed E-state index contributed by atoms with van der Waals surface area (Å²) in [7, 11) is 0. The molecule has 0 radical (unpaired) electrons. The molecule has 28 heavy (non-hydrogen) atoms. The number of nitrogens with one attached hydrogen (secondary N) is 1. The first-order valence-electron chi connectivity index (χ1n) is 10.3. The van der Waals surface area contributed by atoms with Crippen molar-refractivity contribution in [2.45, 2.75) is 31.5 Å². The average molecular weight is 381 g/mol. The van der Waals surface area contributed by atoms with Gasteiger partial charge in [0, 0.05) is 56.6 Å². The molecule has 0 bridgehead atoms. The van der Waals surface area contributed by atoms with Crippen molar-refractivity contribution >= 4 is 23.1 Å². The summed E-state index contributed by atoms with van der Waals surface area (Å²) in [5.74, 6) is 1.20. The minimum absolute atomic E-state index is 0.372. The van der Waals surface area contributed by atoms with E-state index in [1.54, 1.807) is 0 Å². The van der Waals surface area contributed by atoms with Crippen molar-refractivity contribution in [1.29, 1.82) is 0 Å². The molecule has 3 aliphatic heterocycles. The van der Waals surface area contributed by atoms with E-state index < -0.39 is 0 Å². The molecule has 0 atom stereocenters. The summed E-state index contributed by atoms with van der Waals surface area (Å²) in [6, 6.07) is 10.5. The van der Waals surface area contributed by atoms with Crippen LogP contribution in [0.3, 0.4) is 0 Å².